The Kier molecular flexibility index (Phi) is 11.9. The molecule has 1 unspecified atom stereocenters. The molecule has 0 aromatic heterocycles. The van der Waals surface area contributed by atoms with Crippen molar-refractivity contribution in [1.29, 1.82) is 0 Å². The summed E-state index contributed by atoms with van der Waals surface area (Å²) in [5.74, 6) is 0.803. The van der Waals surface area contributed by atoms with Crippen LogP contribution in [0.1, 0.15) is 71.9 Å². The predicted octanol–water partition coefficient (Wildman–Crippen LogP) is 8.64. The number of carbonyl (C=O) groups excluding carboxylic acids is 2. The van der Waals surface area contributed by atoms with Crippen molar-refractivity contribution in [3.8, 4) is 11.5 Å². The lowest BCUT2D eigenvalue weighted by atomic mass is 10.2. The molecule has 0 bridgehead atoms. The molecular weight excluding hydrogens is 696 g/mol. The largest absolute Gasteiger partial charge is 0.477 e. The number of esters is 2. The predicted molar refractivity (Wildman–Crippen MR) is 165 cm³/mol. The van der Waals surface area contributed by atoms with E-state index < -0.39 is 22.9 Å². The van der Waals surface area contributed by atoms with Crippen molar-refractivity contribution in [2.24, 2.45) is 0 Å². The Bertz CT molecular complexity index is 1110. The molecule has 2 aromatic rings. The lowest BCUT2D eigenvalue weighted by molar-refractivity contribution is -0.166. The number of hydrogen-bond donors (Lipinski definition) is 0. The van der Waals surface area contributed by atoms with Gasteiger partial charge in [0.05, 0.1) is 8.95 Å². The number of carbonyl (C=O) groups is 2. The fourth-order valence-electron chi connectivity index (χ4n) is 3.37. The molecule has 1 saturated carbocycles. The fourth-order valence-corrected chi connectivity index (χ4v) is 4.89. The van der Waals surface area contributed by atoms with Crippen molar-refractivity contribution >= 4 is 59.7 Å². The van der Waals surface area contributed by atoms with Crippen LogP contribution in [-0.2, 0) is 19.1 Å². The maximum absolute atomic E-state index is 12.2. The Balaban J connectivity index is 0.000000274. The van der Waals surface area contributed by atoms with Crippen molar-refractivity contribution in [3.05, 3.63) is 56.5 Å². The average molecular weight is 735 g/mol. The molecule has 216 valence electrons. The third-order valence-corrected chi connectivity index (χ3v) is 7.11. The third-order valence-electron chi connectivity index (χ3n) is 5.40. The summed E-state index contributed by atoms with van der Waals surface area (Å²) in [7, 11) is 0. The highest BCUT2D eigenvalue weighted by Crippen LogP contribution is 2.45. The number of hydrogen-bond acceptors (Lipinski definition) is 6. The highest BCUT2D eigenvalue weighted by atomic mass is 79.9. The van der Waals surface area contributed by atoms with E-state index in [4.69, 9.17) is 18.9 Å². The monoisotopic (exact) mass is 732 g/mol. The summed E-state index contributed by atoms with van der Waals surface area (Å²) < 4.78 is 24.4. The topological polar surface area (TPSA) is 71.1 Å². The Labute approximate surface area is 257 Å². The van der Waals surface area contributed by atoms with Crippen LogP contribution in [0.5, 0.6) is 11.5 Å². The van der Waals surface area contributed by atoms with Gasteiger partial charge in [-0.25, -0.2) is 9.59 Å². The first-order valence-electron chi connectivity index (χ1n) is 12.9. The number of rotatable bonds is 8. The average Bonchev–Trinajstić information content (AvgIpc) is 3.57. The standard InChI is InChI=1S/C15H20Br2O3.C15H19BrO3/c1-10-6-5-7-11(17)13(10)19-12(8-9-16)14(18)20-15(2,3)4;1-10-6-5-7-11(16)12(10)18-15(8-9-15)13(17)19-14(2,3)4/h5-7,12H,8-9H2,1-4H3;5-7H,8-9H2,1-4H3. The minimum absolute atomic E-state index is 0.268. The number of alkyl halides is 1. The third kappa shape index (κ3) is 10.7. The number of ether oxygens (including phenoxy) is 4. The summed E-state index contributed by atoms with van der Waals surface area (Å²) in [6.07, 6.45) is 1.35. The number of benzene rings is 2. The molecule has 0 spiro atoms. The molecule has 2 aromatic carbocycles. The quantitative estimate of drug-likeness (QED) is 0.200. The Hall–Kier alpha value is -1.58. The second-order valence-corrected chi connectivity index (χ2v) is 14.0. The van der Waals surface area contributed by atoms with E-state index in [1.54, 1.807) is 0 Å². The zero-order chi connectivity index (χ0) is 29.6. The molecule has 39 heavy (non-hydrogen) atoms. The van der Waals surface area contributed by atoms with Gasteiger partial charge in [0.15, 0.2) is 6.10 Å². The van der Waals surface area contributed by atoms with Gasteiger partial charge in [0.25, 0.3) is 0 Å². The first-order valence-corrected chi connectivity index (χ1v) is 15.6. The minimum atomic E-state index is -0.790. The van der Waals surface area contributed by atoms with Gasteiger partial charge >= 0.3 is 11.9 Å². The normalized spacial score (nSPS) is 14.8. The Morgan fingerprint density at radius 1 is 0.846 bits per heavy atom. The summed E-state index contributed by atoms with van der Waals surface area (Å²) in [6.45, 7) is 15.0. The fraction of sp³-hybridized carbons (Fsp3) is 0.533. The van der Waals surface area contributed by atoms with Crippen molar-refractivity contribution < 1.29 is 28.5 Å². The van der Waals surface area contributed by atoms with E-state index in [0.29, 0.717) is 30.3 Å². The number of para-hydroxylation sites is 2. The van der Waals surface area contributed by atoms with Crippen molar-refractivity contribution in [2.75, 3.05) is 5.33 Å². The molecule has 0 aliphatic heterocycles. The van der Waals surface area contributed by atoms with Gasteiger partial charge in [-0.05, 0) is 111 Å². The molecule has 1 aliphatic rings. The highest BCUT2D eigenvalue weighted by molar-refractivity contribution is 9.11. The summed E-state index contributed by atoms with van der Waals surface area (Å²) >= 11 is 10.3. The SMILES string of the molecule is Cc1cccc(Br)c1OC(CCBr)C(=O)OC(C)(C)C.Cc1cccc(Br)c1OC1(C(=O)OC(C)(C)C)CC1. The van der Waals surface area contributed by atoms with Crippen molar-refractivity contribution in [1.82, 2.24) is 0 Å². The van der Waals surface area contributed by atoms with Crippen LogP contribution in [0, 0.1) is 13.8 Å². The summed E-state index contributed by atoms with van der Waals surface area (Å²) in [4.78, 5) is 24.4. The molecule has 1 fully saturated rings. The molecule has 3 rings (SSSR count). The van der Waals surface area contributed by atoms with Crippen LogP contribution < -0.4 is 9.47 Å². The van der Waals surface area contributed by atoms with Crippen LogP contribution in [0.25, 0.3) is 0 Å². The lowest BCUT2D eigenvalue weighted by Gasteiger charge is -2.25. The van der Waals surface area contributed by atoms with Gasteiger partial charge in [-0.15, -0.1) is 0 Å². The molecule has 0 saturated heterocycles. The van der Waals surface area contributed by atoms with Crippen LogP contribution in [0.4, 0.5) is 0 Å². The van der Waals surface area contributed by atoms with E-state index in [1.165, 1.54) is 0 Å². The summed E-state index contributed by atoms with van der Waals surface area (Å²) in [6, 6.07) is 11.6. The van der Waals surface area contributed by atoms with E-state index in [9.17, 15) is 9.59 Å². The zero-order valence-electron chi connectivity index (χ0n) is 24.0. The van der Waals surface area contributed by atoms with Crippen LogP contribution >= 0.6 is 47.8 Å². The maximum Gasteiger partial charge on any atom is 0.351 e. The molecule has 0 radical (unpaired) electrons. The van der Waals surface area contributed by atoms with Gasteiger partial charge in [0.1, 0.15) is 22.7 Å². The lowest BCUT2D eigenvalue weighted by Crippen LogP contribution is -2.37. The first kappa shape index (κ1) is 33.6. The molecule has 0 N–H and O–H groups in total. The van der Waals surface area contributed by atoms with E-state index in [2.05, 4.69) is 47.8 Å². The van der Waals surface area contributed by atoms with Gasteiger partial charge in [-0.1, -0.05) is 40.2 Å². The second kappa shape index (κ2) is 13.9. The van der Waals surface area contributed by atoms with Crippen molar-refractivity contribution in [3.63, 3.8) is 0 Å². The maximum atomic E-state index is 12.2. The smallest absolute Gasteiger partial charge is 0.351 e. The van der Waals surface area contributed by atoms with Crippen LogP contribution in [0.3, 0.4) is 0 Å². The van der Waals surface area contributed by atoms with Crippen molar-refractivity contribution in [2.45, 2.75) is 97.6 Å². The molecular formula is C30H39Br3O6. The molecule has 1 atom stereocenters. The van der Waals surface area contributed by atoms with Crippen LogP contribution in [-0.4, -0.2) is 40.2 Å². The van der Waals surface area contributed by atoms with Crippen LogP contribution in [0.15, 0.2) is 45.3 Å². The Morgan fingerprint density at radius 2 is 1.33 bits per heavy atom. The van der Waals surface area contributed by atoms with E-state index in [0.717, 1.165) is 25.8 Å². The number of aryl methyl sites for hydroxylation is 2. The molecule has 9 heteroatoms. The van der Waals surface area contributed by atoms with Gasteiger partial charge in [-0.3, -0.25) is 0 Å². The highest BCUT2D eigenvalue weighted by Gasteiger charge is 2.55. The summed E-state index contributed by atoms with van der Waals surface area (Å²) in [5, 5.41) is 0.667. The van der Waals surface area contributed by atoms with Gasteiger partial charge in [0.2, 0.25) is 5.60 Å². The van der Waals surface area contributed by atoms with E-state index >= 15 is 0 Å². The van der Waals surface area contributed by atoms with E-state index in [1.807, 2.05) is 91.8 Å². The van der Waals surface area contributed by atoms with Gasteiger partial charge < -0.3 is 18.9 Å². The molecule has 0 heterocycles. The van der Waals surface area contributed by atoms with Crippen LogP contribution in [0.2, 0.25) is 0 Å². The van der Waals surface area contributed by atoms with Gasteiger partial charge in [0, 0.05) is 24.6 Å². The summed E-state index contributed by atoms with van der Waals surface area (Å²) in [5.41, 5.74) is 0.182. The van der Waals surface area contributed by atoms with Gasteiger partial charge in [-0.2, -0.15) is 0 Å². The minimum Gasteiger partial charge on any atom is -0.477 e. The Morgan fingerprint density at radius 3 is 1.74 bits per heavy atom. The molecule has 1 aliphatic carbocycles. The van der Waals surface area contributed by atoms with E-state index in [-0.39, 0.29) is 11.9 Å². The zero-order valence-corrected chi connectivity index (χ0v) is 28.7. The molecule has 0 amide bonds. The molecule has 6 nitrogen and oxygen atoms in total. The first-order chi connectivity index (χ1) is 18.0. The second-order valence-electron chi connectivity index (χ2n) is 11.5. The number of halogens is 3.